The third kappa shape index (κ3) is 6.49. The molecule has 1 N–H and O–H groups in total. The zero-order chi connectivity index (χ0) is 30.6. The molecule has 0 radical (unpaired) electrons. The van der Waals surface area contributed by atoms with E-state index in [-0.39, 0.29) is 16.9 Å². The number of nitrogens with one attached hydrogen (secondary N) is 1. The number of aryl methyl sites for hydroxylation is 2. The third-order valence-electron chi connectivity index (χ3n) is 8.40. The molecule has 1 atom stereocenters. The number of hydrogen-bond donors (Lipinski definition) is 1. The maximum Gasteiger partial charge on any atom is 0.337 e. The predicted octanol–water partition coefficient (Wildman–Crippen LogP) is 6.00. The first-order valence-electron chi connectivity index (χ1n) is 14.9. The average Bonchev–Trinajstić information content (AvgIpc) is 3.48. The largest absolute Gasteiger partial charge is 0.496 e. The monoisotopic (exact) mass is 603 g/mol. The van der Waals surface area contributed by atoms with Gasteiger partial charge in [-0.1, -0.05) is 42.7 Å². The quantitative estimate of drug-likeness (QED) is 0.259. The number of fused-ring (bicyclic) bond motifs is 1. The Kier molecular flexibility index (Phi) is 9.54. The van der Waals surface area contributed by atoms with Crippen molar-refractivity contribution in [2.75, 3.05) is 33.9 Å². The van der Waals surface area contributed by atoms with Gasteiger partial charge in [0.15, 0.2) is 0 Å². The van der Waals surface area contributed by atoms with Crippen LogP contribution in [0, 0.1) is 13.8 Å². The van der Waals surface area contributed by atoms with E-state index < -0.39 is 10.0 Å². The second-order valence-corrected chi connectivity index (χ2v) is 13.1. The van der Waals surface area contributed by atoms with E-state index in [0.717, 1.165) is 72.3 Å². The summed E-state index contributed by atoms with van der Waals surface area (Å²) in [7, 11) is -0.752. The summed E-state index contributed by atoms with van der Waals surface area (Å²) in [5, 5.41) is 4.50. The molecule has 0 amide bonds. The lowest BCUT2D eigenvalue weighted by Gasteiger charge is -2.34. The van der Waals surface area contributed by atoms with Crippen molar-refractivity contribution in [1.29, 1.82) is 0 Å². The van der Waals surface area contributed by atoms with Gasteiger partial charge in [-0.05, 0) is 87.3 Å². The van der Waals surface area contributed by atoms with Gasteiger partial charge in [-0.2, -0.15) is 0 Å². The van der Waals surface area contributed by atoms with Gasteiger partial charge in [-0.25, -0.2) is 17.2 Å². The van der Waals surface area contributed by atoms with Crippen molar-refractivity contribution in [2.24, 2.45) is 0 Å². The Labute approximate surface area is 254 Å². The van der Waals surface area contributed by atoms with Crippen LogP contribution in [0.5, 0.6) is 5.75 Å². The summed E-state index contributed by atoms with van der Waals surface area (Å²) in [6.07, 6.45) is 6.16. The molecule has 9 heteroatoms. The Bertz CT molecular complexity index is 1680. The molecule has 1 aromatic heterocycles. The van der Waals surface area contributed by atoms with Gasteiger partial charge in [-0.15, -0.1) is 0 Å². The number of rotatable bonds is 7. The molecule has 1 unspecified atom stereocenters. The molecule has 4 aromatic rings. The minimum Gasteiger partial charge on any atom is -0.496 e. The zero-order valence-electron chi connectivity index (χ0n) is 25.4. The molecule has 1 fully saturated rings. The maximum absolute atomic E-state index is 13.8. The van der Waals surface area contributed by atoms with Crippen molar-refractivity contribution in [3.05, 3.63) is 94.7 Å². The lowest BCUT2D eigenvalue weighted by atomic mass is 9.99. The normalized spacial score (nSPS) is 17.1. The van der Waals surface area contributed by atoms with Crippen molar-refractivity contribution in [2.45, 2.75) is 57.0 Å². The lowest BCUT2D eigenvalue weighted by Crippen LogP contribution is -2.37. The number of methoxy groups -OCH3 is 2. The molecule has 0 spiro atoms. The van der Waals surface area contributed by atoms with Gasteiger partial charge in [-0.3, -0.25) is 4.90 Å². The first-order valence-corrected chi connectivity index (χ1v) is 16.3. The molecule has 1 aliphatic rings. The second kappa shape index (κ2) is 13.3. The fourth-order valence-corrected chi connectivity index (χ4v) is 7.43. The van der Waals surface area contributed by atoms with Crippen LogP contribution in [-0.2, 0) is 21.3 Å². The number of carbonyl (C=O) groups is 1. The van der Waals surface area contributed by atoms with Crippen LogP contribution in [-0.4, -0.2) is 57.1 Å². The van der Waals surface area contributed by atoms with Gasteiger partial charge >= 0.3 is 5.97 Å². The number of hydrogen-bond acceptors (Lipinski definition) is 7. The summed E-state index contributed by atoms with van der Waals surface area (Å²) in [6, 6.07) is 18.5. The van der Waals surface area contributed by atoms with Gasteiger partial charge in [0, 0.05) is 36.3 Å². The summed E-state index contributed by atoms with van der Waals surface area (Å²) in [5.41, 5.74) is 5.06. The predicted molar refractivity (Wildman–Crippen MR) is 169 cm³/mol. The van der Waals surface area contributed by atoms with Gasteiger partial charge in [0.2, 0.25) is 0 Å². The van der Waals surface area contributed by atoms with Crippen LogP contribution in [0.4, 0.5) is 0 Å². The number of benzene rings is 3. The van der Waals surface area contributed by atoms with Gasteiger partial charge in [0.1, 0.15) is 5.75 Å². The Morgan fingerprint density at radius 2 is 1.67 bits per heavy atom. The SMILES string of the molecule is COC(=O)c1ccc(C2CNCCCCCCN2Cc2c(OC)cc(C)c3c2ccn3S(=O)(=O)c2ccc(C)cc2)cc1. The van der Waals surface area contributed by atoms with Gasteiger partial charge in [0.25, 0.3) is 10.0 Å². The van der Waals surface area contributed by atoms with Crippen LogP contribution in [0.15, 0.2) is 71.8 Å². The Morgan fingerprint density at radius 3 is 2.37 bits per heavy atom. The Morgan fingerprint density at radius 1 is 0.953 bits per heavy atom. The summed E-state index contributed by atoms with van der Waals surface area (Å²) in [4.78, 5) is 14.8. The standard InChI is InChI=1S/C34H41N3O5S/c1-24-9-15-28(16-10-24)43(39,40)37-20-17-29-30(32(41-3)21-25(2)33(29)37)23-36-19-8-6-5-7-18-35-22-31(36)26-11-13-27(14-12-26)34(38)42-4/h9-17,20-21,31,35H,5-8,18-19,22-23H2,1-4H3. The third-order valence-corrected chi connectivity index (χ3v) is 10.1. The van der Waals surface area contributed by atoms with Crippen LogP contribution < -0.4 is 10.1 Å². The molecule has 0 aliphatic carbocycles. The summed E-state index contributed by atoms with van der Waals surface area (Å²) in [6.45, 7) is 7.00. The molecule has 0 saturated carbocycles. The molecule has 1 saturated heterocycles. The van der Waals surface area contributed by atoms with Crippen molar-refractivity contribution < 1.29 is 22.7 Å². The highest BCUT2D eigenvalue weighted by Gasteiger charge is 2.27. The number of ether oxygens (including phenoxy) is 2. The van der Waals surface area contributed by atoms with E-state index in [9.17, 15) is 13.2 Å². The van der Waals surface area contributed by atoms with E-state index in [1.165, 1.54) is 17.5 Å². The van der Waals surface area contributed by atoms with E-state index in [1.807, 2.05) is 62.4 Å². The molecule has 2 heterocycles. The Hall–Kier alpha value is -3.66. The van der Waals surface area contributed by atoms with E-state index >= 15 is 0 Å². The fraction of sp³-hybridized carbons (Fsp3) is 0.382. The highest BCUT2D eigenvalue weighted by molar-refractivity contribution is 7.90. The number of carbonyl (C=O) groups excluding carboxylic acids is 1. The highest BCUT2D eigenvalue weighted by Crippen LogP contribution is 2.36. The summed E-state index contributed by atoms with van der Waals surface area (Å²) >= 11 is 0. The minimum absolute atomic E-state index is 0.0317. The van der Waals surface area contributed by atoms with Gasteiger partial charge in [0.05, 0.1) is 30.2 Å². The first-order chi connectivity index (χ1) is 20.7. The van der Waals surface area contributed by atoms with Crippen LogP contribution in [0.3, 0.4) is 0 Å². The molecular formula is C34H41N3O5S. The van der Waals surface area contributed by atoms with Crippen LogP contribution in [0.25, 0.3) is 10.9 Å². The van der Waals surface area contributed by atoms with E-state index in [1.54, 1.807) is 25.4 Å². The van der Waals surface area contributed by atoms with E-state index in [2.05, 4.69) is 10.2 Å². The number of nitrogens with zero attached hydrogens (tertiary/aromatic N) is 2. The van der Waals surface area contributed by atoms with Crippen LogP contribution >= 0.6 is 0 Å². The second-order valence-electron chi connectivity index (χ2n) is 11.3. The number of esters is 1. The van der Waals surface area contributed by atoms with E-state index in [4.69, 9.17) is 9.47 Å². The number of aromatic nitrogens is 1. The fourth-order valence-electron chi connectivity index (χ4n) is 6.02. The van der Waals surface area contributed by atoms with Gasteiger partial charge < -0.3 is 14.8 Å². The molecule has 228 valence electrons. The molecule has 5 rings (SSSR count). The smallest absolute Gasteiger partial charge is 0.337 e. The van der Waals surface area contributed by atoms with Crippen molar-refractivity contribution in [1.82, 2.24) is 14.2 Å². The summed E-state index contributed by atoms with van der Waals surface area (Å²) in [5.74, 6) is 0.379. The molecular weight excluding hydrogens is 562 g/mol. The molecule has 0 bridgehead atoms. The van der Waals surface area contributed by atoms with Crippen LogP contribution in [0.1, 0.15) is 64.3 Å². The van der Waals surface area contributed by atoms with Crippen molar-refractivity contribution in [3.63, 3.8) is 0 Å². The molecule has 1 aliphatic heterocycles. The average molecular weight is 604 g/mol. The van der Waals surface area contributed by atoms with Crippen molar-refractivity contribution in [3.8, 4) is 5.75 Å². The first kappa shape index (κ1) is 30.8. The molecule has 3 aromatic carbocycles. The zero-order valence-corrected chi connectivity index (χ0v) is 26.2. The molecule has 43 heavy (non-hydrogen) atoms. The maximum atomic E-state index is 13.8. The topological polar surface area (TPSA) is 89.9 Å². The van der Waals surface area contributed by atoms with Crippen molar-refractivity contribution >= 4 is 26.9 Å². The lowest BCUT2D eigenvalue weighted by molar-refractivity contribution is 0.0600. The van der Waals surface area contributed by atoms with E-state index in [0.29, 0.717) is 17.6 Å². The highest BCUT2D eigenvalue weighted by atomic mass is 32.2. The summed E-state index contributed by atoms with van der Waals surface area (Å²) < 4.78 is 39.8. The Balaban J connectivity index is 1.58. The van der Waals surface area contributed by atoms with Crippen LogP contribution in [0.2, 0.25) is 0 Å². The molecule has 8 nitrogen and oxygen atoms in total. The minimum atomic E-state index is -3.80.